The first-order chi connectivity index (χ1) is 6.56. The van der Waals surface area contributed by atoms with Crippen LogP contribution in [0.2, 0.25) is 0 Å². The van der Waals surface area contributed by atoms with Crippen molar-refractivity contribution in [2.24, 2.45) is 0 Å². The molecule has 0 unspecified atom stereocenters. The van der Waals surface area contributed by atoms with Gasteiger partial charge in [0.25, 0.3) is 0 Å². The molecule has 0 aromatic carbocycles. The van der Waals surface area contributed by atoms with E-state index in [4.69, 9.17) is 5.11 Å². The molecule has 0 aromatic heterocycles. The molecule has 0 aliphatic rings. The predicted octanol–water partition coefficient (Wildman–Crippen LogP) is 0.511. The van der Waals surface area contributed by atoms with Crippen LogP contribution in [0.4, 0.5) is 0 Å². The molecule has 0 aliphatic carbocycles. The molecule has 82 valence electrons. The minimum atomic E-state index is -0.771. The topological polar surface area (TPSA) is 43.8 Å². The standard InChI is InChI=1S/C10H20N2O2/c1-4-5-6-12(9-10(13)14)8-7-11(2)3/h4H,1,5-9H2,2-3H3,(H,13,14). The molecular formula is C10H20N2O2. The van der Waals surface area contributed by atoms with E-state index >= 15 is 0 Å². The average molecular weight is 200 g/mol. The molecule has 0 fully saturated rings. The Hall–Kier alpha value is -0.870. The maximum atomic E-state index is 10.5. The summed E-state index contributed by atoms with van der Waals surface area (Å²) in [4.78, 5) is 14.5. The largest absolute Gasteiger partial charge is 0.480 e. The summed E-state index contributed by atoms with van der Waals surface area (Å²) in [5, 5.41) is 8.67. The van der Waals surface area contributed by atoms with Crippen molar-refractivity contribution in [2.45, 2.75) is 6.42 Å². The van der Waals surface area contributed by atoms with Crippen molar-refractivity contribution < 1.29 is 9.90 Å². The fraction of sp³-hybridized carbons (Fsp3) is 0.700. The lowest BCUT2D eigenvalue weighted by atomic mass is 10.3. The second kappa shape index (κ2) is 7.53. The van der Waals surface area contributed by atoms with Crippen LogP contribution < -0.4 is 0 Å². The van der Waals surface area contributed by atoms with Crippen molar-refractivity contribution >= 4 is 5.97 Å². The molecule has 0 radical (unpaired) electrons. The monoisotopic (exact) mass is 200 g/mol. The van der Waals surface area contributed by atoms with E-state index in [1.807, 2.05) is 30.0 Å². The highest BCUT2D eigenvalue weighted by atomic mass is 16.4. The zero-order valence-corrected chi connectivity index (χ0v) is 9.07. The van der Waals surface area contributed by atoms with Gasteiger partial charge in [-0.3, -0.25) is 9.69 Å². The second-order valence-electron chi connectivity index (χ2n) is 3.55. The second-order valence-corrected chi connectivity index (χ2v) is 3.55. The number of hydrogen-bond acceptors (Lipinski definition) is 3. The van der Waals surface area contributed by atoms with Crippen molar-refractivity contribution in [3.63, 3.8) is 0 Å². The SMILES string of the molecule is C=CCCN(CCN(C)C)CC(=O)O. The Labute approximate surface area is 85.8 Å². The fourth-order valence-corrected chi connectivity index (χ4v) is 1.08. The molecule has 0 saturated carbocycles. The molecule has 0 atom stereocenters. The van der Waals surface area contributed by atoms with Gasteiger partial charge in [-0.25, -0.2) is 0 Å². The Kier molecular flexibility index (Phi) is 7.06. The van der Waals surface area contributed by atoms with Crippen LogP contribution in [-0.2, 0) is 4.79 Å². The fourth-order valence-electron chi connectivity index (χ4n) is 1.08. The van der Waals surface area contributed by atoms with Crippen molar-refractivity contribution in [2.75, 3.05) is 40.3 Å². The Morgan fingerprint density at radius 2 is 2.00 bits per heavy atom. The Bertz CT molecular complexity index is 181. The normalized spacial score (nSPS) is 10.9. The summed E-state index contributed by atoms with van der Waals surface area (Å²) in [6.07, 6.45) is 2.64. The van der Waals surface area contributed by atoms with Gasteiger partial charge in [0, 0.05) is 19.6 Å². The van der Waals surface area contributed by atoms with Gasteiger partial charge in [0.1, 0.15) is 0 Å². The minimum absolute atomic E-state index is 0.113. The molecule has 4 heteroatoms. The lowest BCUT2D eigenvalue weighted by molar-refractivity contribution is -0.138. The van der Waals surface area contributed by atoms with E-state index in [9.17, 15) is 4.79 Å². The van der Waals surface area contributed by atoms with Gasteiger partial charge in [-0.2, -0.15) is 0 Å². The summed E-state index contributed by atoms with van der Waals surface area (Å²) in [6.45, 7) is 6.17. The third-order valence-corrected chi connectivity index (χ3v) is 1.87. The van der Waals surface area contributed by atoms with Crippen LogP contribution in [0.5, 0.6) is 0 Å². The summed E-state index contributed by atoms with van der Waals surface area (Å²) >= 11 is 0. The molecule has 0 spiro atoms. The van der Waals surface area contributed by atoms with E-state index in [1.54, 1.807) is 0 Å². The lowest BCUT2D eigenvalue weighted by Gasteiger charge is -2.21. The molecule has 0 bridgehead atoms. The van der Waals surface area contributed by atoms with Gasteiger partial charge in [0.05, 0.1) is 6.54 Å². The van der Waals surface area contributed by atoms with Gasteiger partial charge < -0.3 is 10.0 Å². The first kappa shape index (κ1) is 13.1. The number of hydrogen-bond donors (Lipinski definition) is 1. The zero-order chi connectivity index (χ0) is 11.0. The summed E-state index contributed by atoms with van der Waals surface area (Å²) in [5.74, 6) is -0.771. The number of aliphatic carboxylic acids is 1. The molecule has 0 rings (SSSR count). The summed E-state index contributed by atoms with van der Waals surface area (Å²) in [5.41, 5.74) is 0. The zero-order valence-electron chi connectivity index (χ0n) is 9.07. The number of nitrogens with zero attached hydrogens (tertiary/aromatic N) is 2. The smallest absolute Gasteiger partial charge is 0.317 e. The number of rotatable bonds is 8. The Morgan fingerprint density at radius 1 is 1.36 bits per heavy atom. The van der Waals surface area contributed by atoms with E-state index in [2.05, 4.69) is 6.58 Å². The molecule has 0 aromatic rings. The number of likely N-dealkylation sites (N-methyl/N-ethyl adjacent to an activating group) is 1. The summed E-state index contributed by atoms with van der Waals surface area (Å²) in [7, 11) is 3.96. The van der Waals surface area contributed by atoms with Crippen LogP contribution in [0.25, 0.3) is 0 Å². The van der Waals surface area contributed by atoms with Gasteiger partial charge in [0.15, 0.2) is 0 Å². The highest BCUT2D eigenvalue weighted by molar-refractivity contribution is 5.69. The molecule has 14 heavy (non-hydrogen) atoms. The number of carbonyl (C=O) groups is 1. The third kappa shape index (κ3) is 7.76. The quantitative estimate of drug-likeness (QED) is 0.580. The van der Waals surface area contributed by atoms with Crippen LogP contribution in [-0.4, -0.2) is 61.2 Å². The molecule has 0 amide bonds. The van der Waals surface area contributed by atoms with Gasteiger partial charge in [-0.15, -0.1) is 6.58 Å². The van der Waals surface area contributed by atoms with Crippen LogP contribution in [0.15, 0.2) is 12.7 Å². The first-order valence-corrected chi connectivity index (χ1v) is 4.76. The highest BCUT2D eigenvalue weighted by Gasteiger charge is 2.08. The van der Waals surface area contributed by atoms with Gasteiger partial charge in [-0.05, 0) is 20.5 Å². The molecule has 0 saturated heterocycles. The number of carboxylic acid groups (broad SMARTS) is 1. The van der Waals surface area contributed by atoms with Crippen molar-refractivity contribution in [1.82, 2.24) is 9.80 Å². The summed E-state index contributed by atoms with van der Waals surface area (Å²) in [6, 6.07) is 0. The van der Waals surface area contributed by atoms with Gasteiger partial charge in [-0.1, -0.05) is 6.08 Å². The van der Waals surface area contributed by atoms with E-state index in [1.165, 1.54) is 0 Å². The first-order valence-electron chi connectivity index (χ1n) is 4.76. The van der Waals surface area contributed by atoms with Crippen LogP contribution >= 0.6 is 0 Å². The van der Waals surface area contributed by atoms with Crippen molar-refractivity contribution in [3.05, 3.63) is 12.7 Å². The maximum Gasteiger partial charge on any atom is 0.317 e. The molecular weight excluding hydrogens is 180 g/mol. The molecule has 0 aliphatic heterocycles. The number of carboxylic acids is 1. The van der Waals surface area contributed by atoms with Crippen LogP contribution in [0.3, 0.4) is 0 Å². The van der Waals surface area contributed by atoms with Crippen molar-refractivity contribution in [1.29, 1.82) is 0 Å². The molecule has 0 heterocycles. The minimum Gasteiger partial charge on any atom is -0.480 e. The lowest BCUT2D eigenvalue weighted by Crippen LogP contribution is -2.36. The molecule has 1 N–H and O–H groups in total. The van der Waals surface area contributed by atoms with E-state index in [0.717, 1.165) is 26.1 Å². The van der Waals surface area contributed by atoms with E-state index in [-0.39, 0.29) is 6.54 Å². The third-order valence-electron chi connectivity index (χ3n) is 1.87. The van der Waals surface area contributed by atoms with Crippen LogP contribution in [0, 0.1) is 0 Å². The Balaban J connectivity index is 3.83. The molecule has 4 nitrogen and oxygen atoms in total. The summed E-state index contributed by atoms with van der Waals surface area (Å²) < 4.78 is 0. The van der Waals surface area contributed by atoms with Crippen LogP contribution in [0.1, 0.15) is 6.42 Å². The maximum absolute atomic E-state index is 10.5. The van der Waals surface area contributed by atoms with Gasteiger partial charge in [0.2, 0.25) is 0 Å². The van der Waals surface area contributed by atoms with Gasteiger partial charge >= 0.3 is 5.97 Å². The van der Waals surface area contributed by atoms with Crippen molar-refractivity contribution in [3.8, 4) is 0 Å². The van der Waals surface area contributed by atoms with E-state index < -0.39 is 5.97 Å². The Morgan fingerprint density at radius 3 is 2.43 bits per heavy atom. The van der Waals surface area contributed by atoms with E-state index in [0.29, 0.717) is 0 Å². The average Bonchev–Trinajstić information content (AvgIpc) is 2.09. The predicted molar refractivity (Wildman–Crippen MR) is 57.4 cm³/mol. The highest BCUT2D eigenvalue weighted by Crippen LogP contribution is 1.93.